The topological polar surface area (TPSA) is 63.2 Å². The molecule has 0 aliphatic carbocycles. The molecule has 22 heavy (non-hydrogen) atoms. The molecule has 1 amide bonds. The van der Waals surface area contributed by atoms with Gasteiger partial charge in [0.2, 0.25) is 0 Å². The standard InChI is InChI=1S/C16H17NO3S2/c18-16(17-8-7-14-4-1-9-21-14)13-5-6-15-12(11-13)3-2-10-22(15,19)20/h1,4-6,9,11H,2-3,7-8,10H2,(H,17,18). The van der Waals surface area contributed by atoms with E-state index in [4.69, 9.17) is 0 Å². The van der Waals surface area contributed by atoms with Crippen LogP contribution in [-0.4, -0.2) is 26.6 Å². The fourth-order valence-corrected chi connectivity index (χ4v) is 4.93. The zero-order valence-corrected chi connectivity index (χ0v) is 13.7. The Balaban J connectivity index is 1.68. The van der Waals surface area contributed by atoms with Crippen molar-refractivity contribution in [1.82, 2.24) is 5.32 Å². The molecule has 1 aromatic carbocycles. The highest BCUT2D eigenvalue weighted by atomic mass is 32.2. The van der Waals surface area contributed by atoms with Gasteiger partial charge in [-0.15, -0.1) is 11.3 Å². The number of carbonyl (C=O) groups is 1. The van der Waals surface area contributed by atoms with E-state index >= 15 is 0 Å². The van der Waals surface area contributed by atoms with Crippen molar-refractivity contribution in [2.24, 2.45) is 0 Å². The molecule has 0 saturated carbocycles. The Morgan fingerprint density at radius 3 is 2.91 bits per heavy atom. The van der Waals surface area contributed by atoms with Crippen LogP contribution < -0.4 is 5.32 Å². The summed E-state index contributed by atoms with van der Waals surface area (Å²) < 4.78 is 23.9. The SMILES string of the molecule is O=C(NCCc1cccs1)c1ccc2c(c1)CCCS2(=O)=O. The van der Waals surface area contributed by atoms with E-state index in [0.29, 0.717) is 29.8 Å². The van der Waals surface area contributed by atoms with Crippen molar-refractivity contribution < 1.29 is 13.2 Å². The number of rotatable bonds is 4. The van der Waals surface area contributed by atoms with Gasteiger partial charge in [-0.25, -0.2) is 8.42 Å². The average molecular weight is 335 g/mol. The van der Waals surface area contributed by atoms with E-state index in [1.165, 1.54) is 4.88 Å². The number of carbonyl (C=O) groups excluding carboxylic acids is 1. The first-order valence-electron chi connectivity index (χ1n) is 7.22. The predicted molar refractivity (Wildman–Crippen MR) is 87.2 cm³/mol. The van der Waals surface area contributed by atoms with Crippen molar-refractivity contribution in [1.29, 1.82) is 0 Å². The summed E-state index contributed by atoms with van der Waals surface area (Å²) in [5.74, 6) is 0.0501. The first-order chi connectivity index (χ1) is 10.6. The molecule has 2 heterocycles. The molecule has 1 aromatic heterocycles. The number of fused-ring (bicyclic) bond motifs is 1. The maximum atomic E-state index is 12.2. The van der Waals surface area contributed by atoms with Crippen LogP contribution in [0.1, 0.15) is 27.2 Å². The lowest BCUT2D eigenvalue weighted by molar-refractivity contribution is 0.0954. The number of hydrogen-bond donors (Lipinski definition) is 1. The minimum atomic E-state index is -3.16. The molecule has 0 saturated heterocycles. The minimum absolute atomic E-state index is 0.151. The van der Waals surface area contributed by atoms with E-state index in [1.54, 1.807) is 29.5 Å². The Hall–Kier alpha value is -1.66. The number of hydrogen-bond acceptors (Lipinski definition) is 4. The molecule has 0 unspecified atom stereocenters. The molecule has 116 valence electrons. The third-order valence-corrected chi connectivity index (χ3v) is 6.58. The van der Waals surface area contributed by atoms with Crippen LogP contribution >= 0.6 is 11.3 Å². The maximum absolute atomic E-state index is 12.2. The summed E-state index contributed by atoms with van der Waals surface area (Å²) in [6.45, 7) is 0.578. The van der Waals surface area contributed by atoms with Gasteiger partial charge in [-0.3, -0.25) is 4.79 Å². The summed E-state index contributed by atoms with van der Waals surface area (Å²) >= 11 is 1.67. The van der Waals surface area contributed by atoms with Crippen LogP contribution in [0.2, 0.25) is 0 Å². The number of aryl methyl sites for hydroxylation is 1. The van der Waals surface area contributed by atoms with E-state index in [9.17, 15) is 13.2 Å². The lowest BCUT2D eigenvalue weighted by Gasteiger charge is -2.17. The normalized spacial score (nSPS) is 16.0. The van der Waals surface area contributed by atoms with Crippen LogP contribution in [0.5, 0.6) is 0 Å². The number of sulfone groups is 1. The Bertz CT molecular complexity index is 780. The van der Waals surface area contributed by atoms with E-state index < -0.39 is 9.84 Å². The second-order valence-corrected chi connectivity index (χ2v) is 8.44. The zero-order valence-electron chi connectivity index (χ0n) is 12.0. The van der Waals surface area contributed by atoms with Crippen molar-refractivity contribution >= 4 is 27.1 Å². The monoisotopic (exact) mass is 335 g/mol. The van der Waals surface area contributed by atoms with E-state index in [1.807, 2.05) is 17.5 Å². The molecule has 1 aliphatic heterocycles. The lowest BCUT2D eigenvalue weighted by atomic mass is 10.1. The van der Waals surface area contributed by atoms with Crippen molar-refractivity contribution in [3.63, 3.8) is 0 Å². The predicted octanol–water partition coefficient (Wildman–Crippen LogP) is 2.44. The number of nitrogens with one attached hydrogen (secondary N) is 1. The van der Waals surface area contributed by atoms with Gasteiger partial charge in [-0.05, 0) is 54.5 Å². The summed E-state index contributed by atoms with van der Waals surface area (Å²) in [5, 5.41) is 4.90. The van der Waals surface area contributed by atoms with Crippen LogP contribution in [0.15, 0.2) is 40.6 Å². The third-order valence-electron chi connectivity index (χ3n) is 3.75. The van der Waals surface area contributed by atoms with E-state index in [2.05, 4.69) is 5.32 Å². The van der Waals surface area contributed by atoms with Crippen LogP contribution in [0, 0.1) is 0 Å². The number of benzene rings is 1. The molecule has 1 aliphatic rings. The first kappa shape index (κ1) is 15.2. The van der Waals surface area contributed by atoms with E-state index in [0.717, 1.165) is 12.0 Å². The third kappa shape index (κ3) is 3.23. The van der Waals surface area contributed by atoms with E-state index in [-0.39, 0.29) is 11.7 Å². The first-order valence-corrected chi connectivity index (χ1v) is 9.76. The van der Waals surface area contributed by atoms with Crippen molar-refractivity contribution in [2.45, 2.75) is 24.2 Å². The smallest absolute Gasteiger partial charge is 0.251 e. The summed E-state index contributed by atoms with van der Waals surface area (Å²) in [6, 6.07) is 8.92. The molecule has 0 bridgehead atoms. The van der Waals surface area contributed by atoms with Crippen LogP contribution in [0.4, 0.5) is 0 Å². The maximum Gasteiger partial charge on any atom is 0.251 e. The summed E-state index contributed by atoms with van der Waals surface area (Å²) in [5.41, 5.74) is 1.29. The van der Waals surface area contributed by atoms with Gasteiger partial charge in [0.05, 0.1) is 10.6 Å². The number of amides is 1. The van der Waals surface area contributed by atoms with Gasteiger partial charge >= 0.3 is 0 Å². The van der Waals surface area contributed by atoms with Gasteiger partial charge in [0.1, 0.15) is 0 Å². The molecular formula is C16H17NO3S2. The fourth-order valence-electron chi connectivity index (χ4n) is 2.64. The average Bonchev–Trinajstić information content (AvgIpc) is 2.99. The van der Waals surface area contributed by atoms with Gasteiger partial charge in [0, 0.05) is 17.0 Å². The quantitative estimate of drug-likeness (QED) is 0.933. The molecule has 0 radical (unpaired) electrons. The Morgan fingerprint density at radius 1 is 1.27 bits per heavy atom. The highest BCUT2D eigenvalue weighted by molar-refractivity contribution is 7.91. The molecule has 6 heteroatoms. The van der Waals surface area contributed by atoms with Gasteiger partial charge in [-0.2, -0.15) is 0 Å². The lowest BCUT2D eigenvalue weighted by Crippen LogP contribution is -2.26. The largest absolute Gasteiger partial charge is 0.352 e. The molecule has 2 aromatic rings. The second-order valence-electron chi connectivity index (χ2n) is 5.33. The second kappa shape index (κ2) is 6.22. The number of thiophene rings is 1. The highest BCUT2D eigenvalue weighted by Crippen LogP contribution is 2.25. The highest BCUT2D eigenvalue weighted by Gasteiger charge is 2.24. The zero-order chi connectivity index (χ0) is 15.6. The Kier molecular flexibility index (Phi) is 4.31. The van der Waals surface area contributed by atoms with Crippen LogP contribution in [0.25, 0.3) is 0 Å². The van der Waals surface area contributed by atoms with Crippen molar-refractivity contribution in [3.8, 4) is 0 Å². The minimum Gasteiger partial charge on any atom is -0.352 e. The van der Waals surface area contributed by atoms with Gasteiger partial charge in [0.15, 0.2) is 9.84 Å². The molecule has 0 atom stereocenters. The molecule has 0 spiro atoms. The van der Waals surface area contributed by atoms with Crippen LogP contribution in [-0.2, 0) is 22.7 Å². The summed E-state index contributed by atoms with van der Waals surface area (Å²) in [7, 11) is -3.16. The fraction of sp³-hybridized carbons (Fsp3) is 0.312. The summed E-state index contributed by atoms with van der Waals surface area (Å²) in [6.07, 6.45) is 2.15. The molecule has 4 nitrogen and oxygen atoms in total. The van der Waals surface area contributed by atoms with Crippen molar-refractivity contribution in [2.75, 3.05) is 12.3 Å². The van der Waals surface area contributed by atoms with Crippen molar-refractivity contribution in [3.05, 3.63) is 51.7 Å². The Labute approximate surface area is 134 Å². The van der Waals surface area contributed by atoms with Gasteiger partial charge in [-0.1, -0.05) is 6.07 Å². The molecular weight excluding hydrogens is 318 g/mol. The molecule has 1 N–H and O–H groups in total. The van der Waals surface area contributed by atoms with Gasteiger partial charge in [0.25, 0.3) is 5.91 Å². The summed E-state index contributed by atoms with van der Waals surface area (Å²) in [4.78, 5) is 13.8. The molecule has 3 rings (SSSR count). The van der Waals surface area contributed by atoms with Gasteiger partial charge < -0.3 is 5.32 Å². The van der Waals surface area contributed by atoms with Crippen LogP contribution in [0.3, 0.4) is 0 Å². The Morgan fingerprint density at radius 2 is 2.14 bits per heavy atom. The molecule has 0 fully saturated rings.